The monoisotopic (exact) mass is 207 g/mol. The van der Waals surface area contributed by atoms with Crippen LogP contribution in [0.15, 0.2) is 28.9 Å². The molecule has 2 aromatic heterocycles. The Kier molecular flexibility index (Phi) is 2.00. The van der Waals surface area contributed by atoms with E-state index in [9.17, 15) is 9.90 Å². The summed E-state index contributed by atoms with van der Waals surface area (Å²) in [6.07, 6.45) is 1.49. The Morgan fingerprint density at radius 2 is 2.27 bits per heavy atom. The normalized spacial score (nSPS) is 10.5. The molecule has 0 fully saturated rings. The van der Waals surface area contributed by atoms with E-state index < -0.39 is 5.97 Å². The van der Waals surface area contributed by atoms with E-state index in [0.29, 0.717) is 11.5 Å². The van der Waals surface area contributed by atoms with Gasteiger partial charge in [-0.15, -0.1) is 0 Å². The Bertz CT molecular complexity index is 496. The van der Waals surface area contributed by atoms with Crippen LogP contribution in [-0.4, -0.2) is 20.7 Å². The number of aromatic nitrogens is 1. The van der Waals surface area contributed by atoms with Crippen molar-refractivity contribution in [3.05, 3.63) is 30.2 Å². The maximum Gasteiger partial charge on any atom is 0.356 e. The molecule has 0 amide bonds. The number of carboxylic acid groups (broad SMARTS) is 1. The van der Waals surface area contributed by atoms with Crippen LogP contribution < -0.4 is 0 Å². The van der Waals surface area contributed by atoms with E-state index in [2.05, 4.69) is 0 Å². The molecule has 0 saturated carbocycles. The van der Waals surface area contributed by atoms with Crippen LogP contribution in [0.1, 0.15) is 10.5 Å². The Hall–Kier alpha value is -2.17. The lowest BCUT2D eigenvalue weighted by molar-refractivity contribution is 0.0683. The molecule has 2 N–H and O–H groups in total. The number of aromatic hydroxyl groups is 1. The summed E-state index contributed by atoms with van der Waals surface area (Å²) in [5.74, 6) is -0.926. The summed E-state index contributed by atoms with van der Waals surface area (Å²) in [4.78, 5) is 10.8. The molecule has 0 bridgehead atoms. The minimum atomic E-state index is -1.17. The van der Waals surface area contributed by atoms with Crippen molar-refractivity contribution in [2.45, 2.75) is 0 Å². The second-order valence-electron chi connectivity index (χ2n) is 3.10. The fourth-order valence-corrected chi connectivity index (χ4v) is 1.50. The van der Waals surface area contributed by atoms with Gasteiger partial charge in [0.1, 0.15) is 11.5 Å². The van der Waals surface area contributed by atoms with Crippen LogP contribution in [0.5, 0.6) is 5.75 Å². The quantitative estimate of drug-likeness (QED) is 0.785. The highest BCUT2D eigenvalue weighted by molar-refractivity contribution is 5.90. The average Bonchev–Trinajstić information content (AvgIpc) is 2.72. The number of hydrogen-bond acceptors (Lipinski definition) is 3. The molecule has 0 radical (unpaired) electrons. The summed E-state index contributed by atoms with van der Waals surface area (Å²) in [6, 6.07) is 4.75. The van der Waals surface area contributed by atoms with Gasteiger partial charge in [-0.3, -0.25) is 0 Å². The van der Waals surface area contributed by atoms with Crippen LogP contribution in [0.4, 0.5) is 0 Å². The van der Waals surface area contributed by atoms with E-state index in [1.165, 1.54) is 16.9 Å². The second-order valence-corrected chi connectivity index (χ2v) is 3.10. The van der Waals surface area contributed by atoms with Crippen LogP contribution in [0, 0.1) is 0 Å². The lowest BCUT2D eigenvalue weighted by atomic mass is 10.3. The lowest BCUT2D eigenvalue weighted by Crippen LogP contribution is -2.05. The number of hydrogen-bond donors (Lipinski definition) is 2. The number of carboxylic acids is 1. The first-order chi connectivity index (χ1) is 7.11. The SMILES string of the molecule is Cn1c(-c2ccco2)cc(O)c1C(=O)O. The van der Waals surface area contributed by atoms with E-state index in [4.69, 9.17) is 9.52 Å². The first-order valence-corrected chi connectivity index (χ1v) is 4.27. The highest BCUT2D eigenvalue weighted by Crippen LogP contribution is 2.29. The Labute approximate surface area is 85.2 Å². The average molecular weight is 207 g/mol. The molecule has 0 atom stereocenters. The third-order valence-electron chi connectivity index (χ3n) is 2.19. The van der Waals surface area contributed by atoms with E-state index in [1.54, 1.807) is 19.2 Å². The van der Waals surface area contributed by atoms with E-state index in [0.717, 1.165) is 0 Å². The number of aromatic carboxylic acids is 1. The molecule has 78 valence electrons. The summed E-state index contributed by atoms with van der Waals surface area (Å²) in [7, 11) is 1.56. The molecule has 0 aliphatic carbocycles. The minimum absolute atomic E-state index is 0.151. The highest BCUT2D eigenvalue weighted by Gasteiger charge is 2.19. The molecule has 15 heavy (non-hydrogen) atoms. The number of nitrogens with zero attached hydrogens (tertiary/aromatic N) is 1. The molecule has 5 nitrogen and oxygen atoms in total. The summed E-state index contributed by atoms with van der Waals surface area (Å²) >= 11 is 0. The molecule has 0 aliphatic rings. The molecule has 0 aliphatic heterocycles. The number of carbonyl (C=O) groups is 1. The molecule has 0 aromatic carbocycles. The molecule has 0 saturated heterocycles. The molecule has 0 spiro atoms. The van der Waals surface area contributed by atoms with Gasteiger partial charge in [-0.25, -0.2) is 4.79 Å². The van der Waals surface area contributed by atoms with Gasteiger partial charge in [0.2, 0.25) is 0 Å². The first-order valence-electron chi connectivity index (χ1n) is 4.27. The maximum absolute atomic E-state index is 10.8. The number of furan rings is 1. The smallest absolute Gasteiger partial charge is 0.356 e. The van der Waals surface area contributed by atoms with Crippen LogP contribution in [-0.2, 0) is 7.05 Å². The molecular formula is C10H9NO4. The van der Waals surface area contributed by atoms with Gasteiger partial charge in [-0.05, 0) is 12.1 Å². The fourth-order valence-electron chi connectivity index (χ4n) is 1.50. The van der Waals surface area contributed by atoms with Crippen LogP contribution in [0.2, 0.25) is 0 Å². The van der Waals surface area contributed by atoms with Gasteiger partial charge in [0, 0.05) is 13.1 Å². The summed E-state index contributed by atoms with van der Waals surface area (Å²) in [6.45, 7) is 0. The molecule has 2 rings (SSSR count). The predicted octanol–water partition coefficient (Wildman–Crippen LogP) is 1.69. The second kappa shape index (κ2) is 3.20. The van der Waals surface area contributed by atoms with Crippen molar-refractivity contribution >= 4 is 5.97 Å². The van der Waals surface area contributed by atoms with Crippen molar-refractivity contribution in [1.29, 1.82) is 0 Å². The minimum Gasteiger partial charge on any atom is -0.505 e. The third kappa shape index (κ3) is 1.38. The van der Waals surface area contributed by atoms with Crippen molar-refractivity contribution in [3.8, 4) is 17.2 Å². The highest BCUT2D eigenvalue weighted by atomic mass is 16.4. The Morgan fingerprint density at radius 1 is 1.53 bits per heavy atom. The number of rotatable bonds is 2. The molecule has 0 unspecified atom stereocenters. The zero-order chi connectivity index (χ0) is 11.0. The van der Waals surface area contributed by atoms with Crippen LogP contribution >= 0.6 is 0 Å². The molecule has 2 heterocycles. The van der Waals surface area contributed by atoms with Crippen molar-refractivity contribution in [2.75, 3.05) is 0 Å². The third-order valence-corrected chi connectivity index (χ3v) is 2.19. The summed E-state index contributed by atoms with van der Waals surface area (Å²) in [5, 5.41) is 18.3. The Morgan fingerprint density at radius 3 is 2.73 bits per heavy atom. The van der Waals surface area contributed by atoms with Crippen molar-refractivity contribution in [3.63, 3.8) is 0 Å². The first kappa shape index (κ1) is 9.39. The Balaban J connectivity index is 2.61. The van der Waals surface area contributed by atoms with Gasteiger partial charge in [0.05, 0.1) is 12.0 Å². The fraction of sp³-hybridized carbons (Fsp3) is 0.100. The predicted molar refractivity (Wildman–Crippen MR) is 51.7 cm³/mol. The standard InChI is InChI=1S/C10H9NO4/c1-11-6(8-3-2-4-15-8)5-7(12)9(11)10(13)14/h2-5,12H,1H3,(H,13,14). The van der Waals surface area contributed by atoms with Gasteiger partial charge < -0.3 is 19.2 Å². The zero-order valence-corrected chi connectivity index (χ0v) is 7.97. The molecule has 5 heteroatoms. The van der Waals surface area contributed by atoms with Crippen molar-refractivity contribution in [1.82, 2.24) is 4.57 Å². The summed E-state index contributed by atoms with van der Waals surface area (Å²) in [5.41, 5.74) is 0.372. The van der Waals surface area contributed by atoms with Gasteiger partial charge in [0.25, 0.3) is 0 Å². The molecule has 2 aromatic rings. The lowest BCUT2D eigenvalue weighted by Gasteiger charge is -2.01. The van der Waals surface area contributed by atoms with Gasteiger partial charge in [-0.1, -0.05) is 0 Å². The topological polar surface area (TPSA) is 75.6 Å². The van der Waals surface area contributed by atoms with Crippen LogP contribution in [0.3, 0.4) is 0 Å². The van der Waals surface area contributed by atoms with E-state index >= 15 is 0 Å². The zero-order valence-electron chi connectivity index (χ0n) is 7.97. The largest absolute Gasteiger partial charge is 0.505 e. The molecular weight excluding hydrogens is 198 g/mol. The van der Waals surface area contributed by atoms with Crippen molar-refractivity contribution in [2.24, 2.45) is 7.05 Å². The van der Waals surface area contributed by atoms with Crippen molar-refractivity contribution < 1.29 is 19.4 Å². The van der Waals surface area contributed by atoms with Gasteiger partial charge in [-0.2, -0.15) is 0 Å². The van der Waals surface area contributed by atoms with E-state index in [-0.39, 0.29) is 11.4 Å². The van der Waals surface area contributed by atoms with E-state index in [1.807, 2.05) is 0 Å². The summed E-state index contributed by atoms with van der Waals surface area (Å²) < 4.78 is 6.50. The maximum atomic E-state index is 10.8. The van der Waals surface area contributed by atoms with Crippen LogP contribution in [0.25, 0.3) is 11.5 Å². The van der Waals surface area contributed by atoms with Gasteiger partial charge in [0.15, 0.2) is 5.69 Å². The van der Waals surface area contributed by atoms with Gasteiger partial charge >= 0.3 is 5.97 Å².